The highest BCUT2D eigenvalue weighted by atomic mass is 32.2. The average molecular weight is 554 g/mol. The summed E-state index contributed by atoms with van der Waals surface area (Å²) in [5.74, 6) is -2.67. The van der Waals surface area contributed by atoms with E-state index in [1.54, 1.807) is 13.0 Å². The van der Waals surface area contributed by atoms with Gasteiger partial charge in [-0.3, -0.25) is 14.4 Å². The molecule has 2 atom stereocenters. The highest BCUT2D eigenvalue weighted by Crippen LogP contribution is 2.24. The maximum absolute atomic E-state index is 12.9. The van der Waals surface area contributed by atoms with Crippen LogP contribution >= 0.6 is 11.8 Å². The van der Waals surface area contributed by atoms with Crippen LogP contribution in [0.25, 0.3) is 10.9 Å². The van der Waals surface area contributed by atoms with E-state index < -0.39 is 54.1 Å². The van der Waals surface area contributed by atoms with Crippen LogP contribution in [0.5, 0.6) is 5.75 Å². The summed E-state index contributed by atoms with van der Waals surface area (Å²) in [5.41, 5.74) is 0.165. The number of thioether (sulfide) groups is 1. The van der Waals surface area contributed by atoms with E-state index in [0.29, 0.717) is 10.5 Å². The van der Waals surface area contributed by atoms with E-state index in [0.717, 1.165) is 28.6 Å². The van der Waals surface area contributed by atoms with Crippen molar-refractivity contribution in [3.63, 3.8) is 0 Å². The lowest BCUT2D eigenvalue weighted by molar-refractivity contribution is -0.274. The molecular formula is C23H22F3N5O6S. The van der Waals surface area contributed by atoms with E-state index in [2.05, 4.69) is 25.7 Å². The number of fused-ring (bicyclic) bond motifs is 1. The number of halogens is 3. The van der Waals surface area contributed by atoms with Gasteiger partial charge in [0, 0.05) is 17.6 Å². The van der Waals surface area contributed by atoms with E-state index in [1.807, 2.05) is 0 Å². The third kappa shape index (κ3) is 7.93. The zero-order valence-electron chi connectivity index (χ0n) is 20.0. The molecule has 0 fully saturated rings. The second-order valence-electron chi connectivity index (χ2n) is 8.04. The summed E-state index contributed by atoms with van der Waals surface area (Å²) in [4.78, 5) is 48.5. The number of nitrogens with zero attached hydrogens (tertiary/aromatic N) is 3. The highest BCUT2D eigenvalue weighted by molar-refractivity contribution is 7.99. The number of carboxylic acids is 1. The van der Waals surface area contributed by atoms with Gasteiger partial charge >= 0.3 is 12.3 Å². The third-order valence-electron chi connectivity index (χ3n) is 5.07. The molecule has 1 aromatic heterocycles. The van der Waals surface area contributed by atoms with Crippen molar-refractivity contribution in [1.82, 2.24) is 25.6 Å². The summed E-state index contributed by atoms with van der Waals surface area (Å²) >= 11 is 1.11. The second-order valence-corrected chi connectivity index (χ2v) is 9.13. The maximum atomic E-state index is 12.9. The number of benzene rings is 2. The van der Waals surface area contributed by atoms with Crippen LogP contribution in [0.4, 0.5) is 13.2 Å². The lowest BCUT2D eigenvalue weighted by Crippen LogP contribution is -2.41. The Hall–Kier alpha value is -4.14. The van der Waals surface area contributed by atoms with Gasteiger partial charge in [0.05, 0.1) is 11.4 Å². The van der Waals surface area contributed by atoms with Crippen LogP contribution in [-0.2, 0) is 20.9 Å². The SMILES string of the molecule is CC(=O)NC(CSc1ccc2nnn(CC(=O)N[C@@H](C)c3ccc(OC(F)(F)F)cc3)c(=O)c2c1)C(=O)O. The first-order valence-electron chi connectivity index (χ1n) is 11.0. The Bertz CT molecular complexity index is 1400. The minimum Gasteiger partial charge on any atom is -0.480 e. The van der Waals surface area contributed by atoms with Crippen LogP contribution < -0.4 is 20.9 Å². The Morgan fingerprint density at radius 2 is 1.82 bits per heavy atom. The molecule has 2 aromatic carbocycles. The summed E-state index contributed by atoms with van der Waals surface area (Å²) in [6.45, 7) is 2.35. The fraction of sp³-hybridized carbons (Fsp3) is 0.304. The first-order valence-corrected chi connectivity index (χ1v) is 12.0. The number of nitrogens with one attached hydrogen (secondary N) is 2. The molecule has 15 heteroatoms. The van der Waals surface area contributed by atoms with Crippen LogP contribution in [0.2, 0.25) is 0 Å². The average Bonchev–Trinajstić information content (AvgIpc) is 2.82. The van der Waals surface area contributed by atoms with Gasteiger partial charge < -0.3 is 20.5 Å². The number of amides is 2. The molecule has 202 valence electrons. The van der Waals surface area contributed by atoms with E-state index in [4.69, 9.17) is 0 Å². The molecule has 0 aliphatic heterocycles. The predicted molar refractivity (Wildman–Crippen MR) is 129 cm³/mol. The fourth-order valence-corrected chi connectivity index (χ4v) is 4.26. The zero-order chi connectivity index (χ0) is 28.0. The molecule has 0 saturated heterocycles. The van der Waals surface area contributed by atoms with Gasteiger partial charge in [0.1, 0.15) is 23.9 Å². The minimum atomic E-state index is -4.82. The lowest BCUT2D eigenvalue weighted by Gasteiger charge is -2.16. The molecule has 3 aromatic rings. The smallest absolute Gasteiger partial charge is 0.480 e. The molecule has 0 saturated carbocycles. The van der Waals surface area contributed by atoms with Crippen molar-refractivity contribution >= 4 is 40.4 Å². The Kier molecular flexibility index (Phi) is 8.93. The molecule has 1 heterocycles. The van der Waals surface area contributed by atoms with E-state index in [9.17, 15) is 37.5 Å². The van der Waals surface area contributed by atoms with Gasteiger partial charge in [-0.05, 0) is 42.8 Å². The van der Waals surface area contributed by atoms with Crippen LogP contribution in [0.1, 0.15) is 25.5 Å². The molecular weight excluding hydrogens is 531 g/mol. The van der Waals surface area contributed by atoms with Crippen LogP contribution in [-0.4, -0.2) is 56.0 Å². The van der Waals surface area contributed by atoms with Gasteiger partial charge in [-0.2, -0.15) is 0 Å². The second kappa shape index (κ2) is 11.9. The van der Waals surface area contributed by atoms with Crippen LogP contribution in [0.3, 0.4) is 0 Å². The summed E-state index contributed by atoms with van der Waals surface area (Å²) < 4.78 is 41.6. The normalized spacial score (nSPS) is 13.0. The minimum absolute atomic E-state index is 0.0106. The first kappa shape index (κ1) is 28.4. The summed E-state index contributed by atoms with van der Waals surface area (Å²) in [7, 11) is 0. The van der Waals surface area contributed by atoms with Gasteiger partial charge in [-0.15, -0.1) is 30.0 Å². The number of aromatic nitrogens is 3. The Morgan fingerprint density at radius 1 is 1.13 bits per heavy atom. The van der Waals surface area contributed by atoms with Crippen molar-refractivity contribution in [3.05, 3.63) is 58.4 Å². The molecule has 0 aliphatic rings. The molecule has 3 rings (SSSR count). The van der Waals surface area contributed by atoms with Crippen LogP contribution in [0.15, 0.2) is 52.2 Å². The van der Waals surface area contributed by atoms with Crippen molar-refractivity contribution in [2.24, 2.45) is 0 Å². The van der Waals surface area contributed by atoms with Crippen molar-refractivity contribution in [2.45, 2.75) is 43.7 Å². The number of ether oxygens (including phenoxy) is 1. The number of carbonyl (C=O) groups is 3. The highest BCUT2D eigenvalue weighted by Gasteiger charge is 2.31. The zero-order valence-corrected chi connectivity index (χ0v) is 20.8. The molecule has 3 N–H and O–H groups in total. The number of hydrogen-bond acceptors (Lipinski definition) is 8. The number of aliphatic carboxylic acids is 1. The lowest BCUT2D eigenvalue weighted by atomic mass is 10.1. The molecule has 0 bridgehead atoms. The molecule has 0 spiro atoms. The van der Waals surface area contributed by atoms with Gasteiger partial charge in [0.15, 0.2) is 0 Å². The molecule has 0 radical (unpaired) electrons. The van der Waals surface area contributed by atoms with Gasteiger partial charge in [-0.1, -0.05) is 17.3 Å². The standard InChI is InChI=1S/C23H22F3N5O6S/c1-12(14-3-5-15(6-4-14)37-23(24,25)26)27-20(33)10-31-21(34)17-9-16(7-8-18(17)29-30-31)38-11-19(22(35)36)28-13(2)32/h3-9,12,19H,10-11H2,1-2H3,(H,27,33)(H,28,32)(H,35,36)/t12-,19?/m0/s1. The van der Waals surface area contributed by atoms with Gasteiger partial charge in [-0.25, -0.2) is 9.48 Å². The maximum Gasteiger partial charge on any atom is 0.573 e. The number of carbonyl (C=O) groups excluding carboxylic acids is 2. The molecule has 38 heavy (non-hydrogen) atoms. The number of rotatable bonds is 10. The van der Waals surface area contributed by atoms with Crippen molar-refractivity contribution in [2.75, 3.05) is 5.75 Å². The van der Waals surface area contributed by atoms with Crippen molar-refractivity contribution < 1.29 is 37.4 Å². The molecule has 1 unspecified atom stereocenters. The number of hydrogen-bond donors (Lipinski definition) is 3. The Morgan fingerprint density at radius 3 is 2.42 bits per heavy atom. The van der Waals surface area contributed by atoms with Gasteiger partial charge in [0.25, 0.3) is 5.56 Å². The fourth-order valence-electron chi connectivity index (χ4n) is 3.31. The predicted octanol–water partition coefficient (Wildman–Crippen LogP) is 2.25. The summed E-state index contributed by atoms with van der Waals surface area (Å²) in [5, 5.41) is 22.1. The topological polar surface area (TPSA) is 153 Å². The third-order valence-corrected chi connectivity index (χ3v) is 6.16. The number of carboxylic acid groups (broad SMARTS) is 1. The Balaban J connectivity index is 1.68. The monoisotopic (exact) mass is 553 g/mol. The van der Waals surface area contributed by atoms with Crippen molar-refractivity contribution in [3.8, 4) is 5.75 Å². The van der Waals surface area contributed by atoms with E-state index in [-0.39, 0.29) is 16.7 Å². The van der Waals surface area contributed by atoms with E-state index >= 15 is 0 Å². The molecule has 0 aliphatic carbocycles. The number of alkyl halides is 3. The Labute approximate surface area is 217 Å². The molecule has 11 nitrogen and oxygen atoms in total. The van der Waals surface area contributed by atoms with E-state index in [1.165, 1.54) is 31.2 Å². The van der Waals surface area contributed by atoms with Gasteiger partial charge in [0.2, 0.25) is 11.8 Å². The largest absolute Gasteiger partial charge is 0.573 e. The first-order chi connectivity index (χ1) is 17.8. The summed E-state index contributed by atoms with van der Waals surface area (Å²) in [6, 6.07) is 7.90. The van der Waals surface area contributed by atoms with Crippen molar-refractivity contribution in [1.29, 1.82) is 0 Å². The molecule has 2 amide bonds. The quantitative estimate of drug-likeness (QED) is 0.321. The van der Waals surface area contributed by atoms with Crippen LogP contribution in [0, 0.1) is 0 Å². The summed E-state index contributed by atoms with van der Waals surface area (Å²) in [6.07, 6.45) is -4.82.